The van der Waals surface area contributed by atoms with Gasteiger partial charge in [0.2, 0.25) is 0 Å². The van der Waals surface area contributed by atoms with E-state index in [0.29, 0.717) is 11.5 Å². The van der Waals surface area contributed by atoms with Gasteiger partial charge in [0, 0.05) is 6.42 Å². The van der Waals surface area contributed by atoms with Gasteiger partial charge in [-0.3, -0.25) is 0 Å². The van der Waals surface area contributed by atoms with Crippen LogP contribution in [0, 0.1) is 6.92 Å². The van der Waals surface area contributed by atoms with Gasteiger partial charge < -0.3 is 10.2 Å². The molecule has 0 aliphatic heterocycles. The second kappa shape index (κ2) is 14.1. The Labute approximate surface area is 117 Å². The van der Waals surface area contributed by atoms with Crippen LogP contribution in [0.3, 0.4) is 0 Å². The molecule has 0 fully saturated rings. The largest absolute Gasteiger partial charge is 0.512 e. The van der Waals surface area contributed by atoms with E-state index in [1.807, 2.05) is 51.1 Å². The summed E-state index contributed by atoms with van der Waals surface area (Å²) in [5, 5.41) is 17.6. The first-order chi connectivity index (χ1) is 9.20. The molecule has 0 spiro atoms. The van der Waals surface area contributed by atoms with Gasteiger partial charge in [0.15, 0.2) is 0 Å². The smallest absolute Gasteiger partial charge is 0.118 e. The number of aromatic hydroxyl groups is 1. The number of hydrogen-bond donors (Lipinski definition) is 2. The number of benzene rings is 1. The number of aryl methyl sites for hydroxylation is 1. The van der Waals surface area contributed by atoms with Crippen LogP contribution in [0.2, 0.25) is 0 Å². The Balaban J connectivity index is 0. The Morgan fingerprint density at radius 1 is 1.05 bits per heavy atom. The molecule has 2 rings (SSSR count). The van der Waals surface area contributed by atoms with Crippen molar-refractivity contribution in [3.63, 3.8) is 0 Å². The summed E-state index contributed by atoms with van der Waals surface area (Å²) in [7, 11) is 0. The standard InChI is InChI=1S/C7H8O.C6H8O.C2H6.C2H4/c1-6-4-2-3-5-7(6)8;7-6-4-2-1-3-5-6;2*1-2/h2-5,8H,1H3;1-2,4,7H,3,5H2;1-2H3;1-2H2. The molecular weight excluding hydrogens is 236 g/mol. The number of allylic oxidation sites excluding steroid dienone is 4. The SMILES string of the molecule is C=C.CC.Cc1ccccc1O.OC1=CC=CCC1. The van der Waals surface area contributed by atoms with Gasteiger partial charge in [-0.15, -0.1) is 13.2 Å². The van der Waals surface area contributed by atoms with E-state index in [0.717, 1.165) is 18.4 Å². The van der Waals surface area contributed by atoms with Crippen LogP contribution in [-0.4, -0.2) is 10.2 Å². The van der Waals surface area contributed by atoms with Crippen LogP contribution >= 0.6 is 0 Å². The first-order valence-electron chi connectivity index (χ1n) is 6.49. The minimum atomic E-state index is 0.368. The van der Waals surface area contributed by atoms with Crippen molar-refractivity contribution in [2.75, 3.05) is 0 Å². The van der Waals surface area contributed by atoms with Gasteiger partial charge in [-0.25, -0.2) is 0 Å². The summed E-state index contributed by atoms with van der Waals surface area (Å²) in [5.74, 6) is 0.870. The van der Waals surface area contributed by atoms with Gasteiger partial charge in [-0.2, -0.15) is 0 Å². The van der Waals surface area contributed by atoms with Crippen molar-refractivity contribution in [1.29, 1.82) is 0 Å². The van der Waals surface area contributed by atoms with E-state index in [1.54, 1.807) is 12.1 Å². The molecule has 1 aliphatic rings. The summed E-state index contributed by atoms with van der Waals surface area (Å²) in [6, 6.07) is 7.25. The molecule has 0 aromatic heterocycles. The number of aliphatic hydroxyl groups excluding tert-OH is 1. The van der Waals surface area contributed by atoms with Crippen LogP contribution in [0.25, 0.3) is 0 Å². The topological polar surface area (TPSA) is 40.5 Å². The second-order valence-electron chi connectivity index (χ2n) is 3.41. The van der Waals surface area contributed by atoms with Crippen LogP contribution in [0.5, 0.6) is 5.75 Å². The molecule has 2 N–H and O–H groups in total. The summed E-state index contributed by atoms with van der Waals surface area (Å²) in [6.45, 7) is 11.9. The molecular formula is C17H26O2. The van der Waals surface area contributed by atoms with Crippen molar-refractivity contribution in [3.8, 4) is 5.75 Å². The van der Waals surface area contributed by atoms with Crippen molar-refractivity contribution in [3.05, 3.63) is 67.0 Å². The molecule has 2 nitrogen and oxygen atoms in total. The average Bonchev–Trinajstić information content (AvgIpc) is 2.48. The van der Waals surface area contributed by atoms with E-state index in [1.165, 1.54) is 0 Å². The number of rotatable bonds is 0. The predicted octanol–water partition coefficient (Wildman–Crippen LogP) is 5.31. The van der Waals surface area contributed by atoms with Gasteiger partial charge in [-0.05, 0) is 31.1 Å². The van der Waals surface area contributed by atoms with Crippen LogP contribution in [0.1, 0.15) is 32.3 Å². The van der Waals surface area contributed by atoms with Crippen LogP contribution in [0.15, 0.2) is 61.4 Å². The maximum Gasteiger partial charge on any atom is 0.118 e. The first-order valence-corrected chi connectivity index (χ1v) is 6.49. The van der Waals surface area contributed by atoms with Crippen LogP contribution in [0.4, 0.5) is 0 Å². The molecule has 0 saturated heterocycles. The first kappa shape index (κ1) is 19.4. The number of aliphatic hydroxyl groups is 1. The van der Waals surface area contributed by atoms with E-state index in [9.17, 15) is 0 Å². The highest BCUT2D eigenvalue weighted by Gasteiger charge is 1.91. The van der Waals surface area contributed by atoms with Gasteiger partial charge >= 0.3 is 0 Å². The van der Waals surface area contributed by atoms with Crippen molar-refractivity contribution >= 4 is 0 Å². The highest BCUT2D eigenvalue weighted by atomic mass is 16.3. The minimum absolute atomic E-state index is 0.368. The molecule has 0 bridgehead atoms. The third-order valence-electron chi connectivity index (χ3n) is 2.11. The molecule has 19 heavy (non-hydrogen) atoms. The maximum atomic E-state index is 8.92. The summed E-state index contributed by atoms with van der Waals surface area (Å²) in [4.78, 5) is 0. The van der Waals surface area contributed by atoms with Gasteiger partial charge in [0.1, 0.15) is 5.75 Å². The summed E-state index contributed by atoms with van der Waals surface area (Å²) >= 11 is 0. The molecule has 0 atom stereocenters. The fraction of sp³-hybridized carbons (Fsp3) is 0.294. The lowest BCUT2D eigenvalue weighted by molar-refractivity contribution is 0.387. The average molecular weight is 262 g/mol. The van der Waals surface area contributed by atoms with E-state index in [2.05, 4.69) is 13.2 Å². The quantitative estimate of drug-likeness (QED) is 0.622. The van der Waals surface area contributed by atoms with Gasteiger partial charge in [0.25, 0.3) is 0 Å². The monoisotopic (exact) mass is 262 g/mol. The summed E-state index contributed by atoms with van der Waals surface area (Å²) in [6.07, 6.45) is 7.45. The predicted molar refractivity (Wildman–Crippen MR) is 84.5 cm³/mol. The van der Waals surface area contributed by atoms with E-state index < -0.39 is 0 Å². The molecule has 1 aromatic carbocycles. The highest BCUT2D eigenvalue weighted by molar-refractivity contribution is 5.29. The van der Waals surface area contributed by atoms with Crippen molar-refractivity contribution in [2.24, 2.45) is 0 Å². The molecule has 0 amide bonds. The lowest BCUT2D eigenvalue weighted by atomic mass is 10.2. The van der Waals surface area contributed by atoms with E-state index >= 15 is 0 Å². The lowest BCUT2D eigenvalue weighted by Crippen LogP contribution is -1.82. The molecule has 0 saturated carbocycles. The van der Waals surface area contributed by atoms with Crippen molar-refractivity contribution in [1.82, 2.24) is 0 Å². The number of para-hydroxylation sites is 1. The number of phenolic OH excluding ortho intramolecular Hbond substituents is 1. The molecule has 0 radical (unpaired) electrons. The molecule has 0 heterocycles. The third kappa shape index (κ3) is 10.9. The van der Waals surface area contributed by atoms with Gasteiger partial charge in [-0.1, -0.05) is 44.2 Å². The summed E-state index contributed by atoms with van der Waals surface area (Å²) < 4.78 is 0. The Bertz CT molecular complexity index is 358. The van der Waals surface area contributed by atoms with Gasteiger partial charge in [0.05, 0.1) is 5.76 Å². The zero-order valence-corrected chi connectivity index (χ0v) is 12.3. The Hall–Kier alpha value is -1.96. The van der Waals surface area contributed by atoms with E-state index in [4.69, 9.17) is 10.2 Å². The fourth-order valence-electron chi connectivity index (χ4n) is 1.15. The zero-order chi connectivity index (χ0) is 15.1. The molecule has 2 heteroatoms. The molecule has 1 aliphatic carbocycles. The van der Waals surface area contributed by atoms with Crippen molar-refractivity contribution in [2.45, 2.75) is 33.6 Å². The van der Waals surface area contributed by atoms with E-state index in [-0.39, 0.29) is 0 Å². The molecule has 1 aromatic rings. The second-order valence-corrected chi connectivity index (χ2v) is 3.41. The highest BCUT2D eigenvalue weighted by Crippen LogP contribution is 2.12. The lowest BCUT2D eigenvalue weighted by Gasteiger charge is -1.97. The Kier molecular flexibility index (Phi) is 14.4. The molecule has 0 unspecified atom stereocenters. The summed E-state index contributed by atoms with van der Waals surface area (Å²) in [5.41, 5.74) is 0.924. The maximum absolute atomic E-state index is 8.92. The number of hydrogen-bond acceptors (Lipinski definition) is 2. The van der Waals surface area contributed by atoms with Crippen LogP contribution < -0.4 is 0 Å². The van der Waals surface area contributed by atoms with Crippen molar-refractivity contribution < 1.29 is 10.2 Å². The minimum Gasteiger partial charge on any atom is -0.512 e. The number of phenols is 1. The fourth-order valence-corrected chi connectivity index (χ4v) is 1.15. The zero-order valence-electron chi connectivity index (χ0n) is 12.3. The Morgan fingerprint density at radius 3 is 1.89 bits per heavy atom. The molecule has 106 valence electrons. The normalized spacial score (nSPS) is 11.4. The third-order valence-corrected chi connectivity index (χ3v) is 2.11. The Morgan fingerprint density at radius 2 is 1.63 bits per heavy atom. The van der Waals surface area contributed by atoms with Crippen LogP contribution in [-0.2, 0) is 0 Å².